The molecule has 1 N–H and O–H groups in total. The van der Waals surface area contributed by atoms with Gasteiger partial charge in [0.25, 0.3) is 0 Å². The van der Waals surface area contributed by atoms with Gasteiger partial charge in [-0.2, -0.15) is 5.26 Å². The van der Waals surface area contributed by atoms with Crippen LogP contribution in [-0.2, 0) is 4.74 Å². The summed E-state index contributed by atoms with van der Waals surface area (Å²) in [6, 6.07) is 2.47. The van der Waals surface area contributed by atoms with E-state index < -0.39 is 11.0 Å². The van der Waals surface area contributed by atoms with Crippen LogP contribution < -0.4 is 0 Å². The highest BCUT2D eigenvalue weighted by atomic mass is 16.5. The molecule has 0 bridgehead atoms. The van der Waals surface area contributed by atoms with E-state index in [-0.39, 0.29) is 6.10 Å². The van der Waals surface area contributed by atoms with Gasteiger partial charge in [-0.3, -0.25) is 0 Å². The van der Waals surface area contributed by atoms with Gasteiger partial charge in [-0.05, 0) is 38.5 Å². The van der Waals surface area contributed by atoms with Gasteiger partial charge in [-0.15, -0.1) is 0 Å². The Labute approximate surface area is 104 Å². The minimum Gasteiger partial charge on any atom is -0.388 e. The monoisotopic (exact) mass is 237 g/mol. The molecular weight excluding hydrogens is 214 g/mol. The van der Waals surface area contributed by atoms with Crippen molar-refractivity contribution < 1.29 is 9.84 Å². The molecule has 3 heteroatoms. The number of hydrogen-bond acceptors (Lipinski definition) is 3. The lowest BCUT2D eigenvalue weighted by molar-refractivity contribution is -0.118. The van der Waals surface area contributed by atoms with E-state index in [1.54, 1.807) is 7.11 Å². The maximum absolute atomic E-state index is 10.9. The van der Waals surface area contributed by atoms with E-state index in [0.29, 0.717) is 0 Å². The lowest BCUT2D eigenvalue weighted by Crippen LogP contribution is -2.51. The van der Waals surface area contributed by atoms with Crippen molar-refractivity contribution in [3.63, 3.8) is 0 Å². The fourth-order valence-electron chi connectivity index (χ4n) is 3.62. The van der Waals surface area contributed by atoms with Crippen molar-refractivity contribution in [3.05, 3.63) is 0 Å². The van der Waals surface area contributed by atoms with E-state index in [9.17, 15) is 10.4 Å². The lowest BCUT2D eigenvalue weighted by atomic mass is 9.59. The fraction of sp³-hybridized carbons (Fsp3) is 0.929. The molecular formula is C14H23NO2. The van der Waals surface area contributed by atoms with Crippen LogP contribution in [0.25, 0.3) is 0 Å². The van der Waals surface area contributed by atoms with Crippen LogP contribution in [0.5, 0.6) is 0 Å². The molecule has 2 aliphatic rings. The Morgan fingerprint density at radius 1 is 1.12 bits per heavy atom. The third-order valence-corrected chi connectivity index (χ3v) is 4.91. The minimum atomic E-state index is -0.767. The average Bonchev–Trinajstić information content (AvgIpc) is 2.40. The molecule has 0 amide bonds. The van der Waals surface area contributed by atoms with Gasteiger partial charge in [0.2, 0.25) is 0 Å². The zero-order valence-corrected chi connectivity index (χ0v) is 10.7. The predicted molar refractivity (Wildman–Crippen MR) is 65.3 cm³/mol. The molecule has 3 nitrogen and oxygen atoms in total. The van der Waals surface area contributed by atoms with Crippen LogP contribution in [0.3, 0.4) is 0 Å². The maximum atomic E-state index is 10.9. The van der Waals surface area contributed by atoms with E-state index in [1.165, 1.54) is 6.42 Å². The highest BCUT2D eigenvalue weighted by Crippen LogP contribution is 2.50. The molecule has 0 aliphatic heterocycles. The molecule has 0 aromatic heterocycles. The molecule has 0 saturated heterocycles. The van der Waals surface area contributed by atoms with Crippen LogP contribution >= 0.6 is 0 Å². The van der Waals surface area contributed by atoms with Crippen molar-refractivity contribution in [3.8, 4) is 6.07 Å². The molecule has 0 aromatic rings. The van der Waals surface area contributed by atoms with Gasteiger partial charge >= 0.3 is 0 Å². The predicted octanol–water partition coefficient (Wildman–Crippen LogP) is 2.78. The number of rotatable bonds is 2. The molecule has 0 spiro atoms. The van der Waals surface area contributed by atoms with E-state index in [4.69, 9.17) is 4.74 Å². The molecule has 0 atom stereocenters. The normalized spacial score (nSPS) is 37.4. The summed E-state index contributed by atoms with van der Waals surface area (Å²) in [5.41, 5.74) is -1.25. The van der Waals surface area contributed by atoms with Gasteiger partial charge in [-0.25, -0.2) is 0 Å². The first kappa shape index (κ1) is 12.9. The van der Waals surface area contributed by atoms with Gasteiger partial charge in [-0.1, -0.05) is 19.3 Å². The summed E-state index contributed by atoms with van der Waals surface area (Å²) in [5.74, 6) is 0. The van der Waals surface area contributed by atoms with Gasteiger partial charge < -0.3 is 9.84 Å². The summed E-state index contributed by atoms with van der Waals surface area (Å²) < 4.78 is 5.34. The van der Waals surface area contributed by atoms with Crippen LogP contribution in [0, 0.1) is 16.7 Å². The molecule has 0 radical (unpaired) electrons. The first-order valence-corrected chi connectivity index (χ1v) is 6.82. The Kier molecular flexibility index (Phi) is 3.75. The van der Waals surface area contributed by atoms with E-state index in [0.717, 1.165) is 51.4 Å². The smallest absolute Gasteiger partial charge is 0.0860 e. The first-order valence-electron chi connectivity index (χ1n) is 6.82. The fourth-order valence-corrected chi connectivity index (χ4v) is 3.62. The van der Waals surface area contributed by atoms with E-state index in [1.807, 2.05) is 0 Å². The zero-order valence-electron chi connectivity index (χ0n) is 10.7. The van der Waals surface area contributed by atoms with Crippen molar-refractivity contribution in [2.24, 2.45) is 5.41 Å². The summed E-state index contributed by atoms with van der Waals surface area (Å²) in [6.45, 7) is 0. The van der Waals surface area contributed by atoms with Crippen LogP contribution in [0.4, 0.5) is 0 Å². The van der Waals surface area contributed by atoms with Crippen molar-refractivity contribution in [2.75, 3.05) is 7.11 Å². The Bertz CT molecular complexity index is 294. The largest absolute Gasteiger partial charge is 0.388 e. The third-order valence-electron chi connectivity index (χ3n) is 4.91. The average molecular weight is 237 g/mol. The van der Waals surface area contributed by atoms with Crippen LogP contribution in [0.1, 0.15) is 57.8 Å². The van der Waals surface area contributed by atoms with E-state index in [2.05, 4.69) is 6.07 Å². The highest BCUT2D eigenvalue weighted by molar-refractivity contribution is 5.13. The van der Waals surface area contributed by atoms with Gasteiger partial charge in [0, 0.05) is 7.11 Å². The molecule has 0 aromatic carbocycles. The summed E-state index contributed by atoms with van der Waals surface area (Å²) in [7, 11) is 1.73. The molecule has 0 unspecified atom stereocenters. The summed E-state index contributed by atoms with van der Waals surface area (Å²) in [5, 5.41) is 20.4. The molecule has 2 fully saturated rings. The van der Waals surface area contributed by atoms with Gasteiger partial charge in [0.05, 0.1) is 23.2 Å². The number of hydrogen-bond donors (Lipinski definition) is 1. The summed E-state index contributed by atoms with van der Waals surface area (Å²) in [6.07, 6.45) is 8.61. The zero-order chi connectivity index (χ0) is 12.4. The van der Waals surface area contributed by atoms with Gasteiger partial charge in [0.15, 0.2) is 0 Å². The van der Waals surface area contributed by atoms with Crippen molar-refractivity contribution in [2.45, 2.75) is 69.5 Å². The number of aliphatic hydroxyl groups is 1. The van der Waals surface area contributed by atoms with Crippen LogP contribution in [0.2, 0.25) is 0 Å². The number of nitrogens with zero attached hydrogens (tertiary/aromatic N) is 1. The van der Waals surface area contributed by atoms with Crippen LogP contribution in [-0.4, -0.2) is 23.9 Å². The van der Waals surface area contributed by atoms with Crippen molar-refractivity contribution in [1.82, 2.24) is 0 Å². The van der Waals surface area contributed by atoms with Crippen molar-refractivity contribution >= 4 is 0 Å². The van der Waals surface area contributed by atoms with Crippen molar-refractivity contribution in [1.29, 1.82) is 5.26 Å². The minimum absolute atomic E-state index is 0.273. The Morgan fingerprint density at radius 2 is 1.71 bits per heavy atom. The molecule has 2 rings (SSSR count). The second kappa shape index (κ2) is 4.96. The quantitative estimate of drug-likeness (QED) is 0.803. The topological polar surface area (TPSA) is 53.2 Å². The molecule has 2 saturated carbocycles. The summed E-state index contributed by atoms with van der Waals surface area (Å²) in [4.78, 5) is 0. The van der Waals surface area contributed by atoms with Crippen LogP contribution in [0.15, 0.2) is 0 Å². The highest BCUT2D eigenvalue weighted by Gasteiger charge is 2.52. The Hall–Kier alpha value is -0.590. The number of methoxy groups -OCH3 is 1. The second-order valence-electron chi connectivity index (χ2n) is 5.72. The lowest BCUT2D eigenvalue weighted by Gasteiger charge is -2.48. The molecule has 2 aliphatic carbocycles. The standard InChI is InChI=1S/C14H23NO2/c1-17-12-5-9-14(16,10-6-12)13(11-15)7-3-2-4-8-13/h12,16H,2-10H2,1H3. The summed E-state index contributed by atoms with van der Waals surface area (Å²) >= 11 is 0. The first-order chi connectivity index (χ1) is 8.16. The number of ether oxygens (including phenoxy) is 1. The maximum Gasteiger partial charge on any atom is 0.0860 e. The number of nitriles is 1. The Morgan fingerprint density at radius 3 is 2.18 bits per heavy atom. The Balaban J connectivity index is 2.11. The van der Waals surface area contributed by atoms with E-state index >= 15 is 0 Å². The molecule has 0 heterocycles. The SMILES string of the molecule is COC1CCC(O)(C2(C#N)CCCCC2)CC1. The molecule has 17 heavy (non-hydrogen) atoms. The third kappa shape index (κ3) is 2.21. The molecule has 96 valence electrons. The second-order valence-corrected chi connectivity index (χ2v) is 5.72. The van der Waals surface area contributed by atoms with Gasteiger partial charge in [0.1, 0.15) is 0 Å².